The van der Waals surface area contributed by atoms with Crippen LogP contribution in [0.3, 0.4) is 0 Å². The zero-order valence-corrected chi connectivity index (χ0v) is 14.3. The van der Waals surface area contributed by atoms with Crippen molar-refractivity contribution in [3.63, 3.8) is 0 Å². The van der Waals surface area contributed by atoms with Crippen LogP contribution in [-0.2, 0) is 4.79 Å². The average Bonchev–Trinajstić information content (AvgIpc) is 2.93. The maximum atomic E-state index is 12.0. The highest BCUT2D eigenvalue weighted by Crippen LogP contribution is 2.32. The van der Waals surface area contributed by atoms with Gasteiger partial charge in [-0.1, -0.05) is 11.3 Å². The predicted molar refractivity (Wildman–Crippen MR) is 86.7 cm³/mol. The minimum atomic E-state index is -0.378. The fraction of sp³-hybridized carbons (Fsp3) is 0.182. The summed E-state index contributed by atoms with van der Waals surface area (Å²) < 4.78 is 1.78. The van der Waals surface area contributed by atoms with Crippen LogP contribution in [0.1, 0.15) is 16.1 Å². The van der Waals surface area contributed by atoms with Crippen molar-refractivity contribution < 1.29 is 9.59 Å². The molecule has 0 spiro atoms. The number of carbonyl (C=O) groups is 2. The monoisotopic (exact) mass is 391 g/mol. The Morgan fingerprint density at radius 3 is 2.90 bits per heavy atom. The second kappa shape index (κ2) is 6.70. The standard InChI is InChI=1S/C11H10BrN3O2S3/c1-5-10(19-4-8(13)16)20-11(14-5)15-9(17)6-2-7(12)18-3-6/h2-3H,4H2,1H3,(H2,13,16)(H,14,15,17). The summed E-state index contributed by atoms with van der Waals surface area (Å²) in [5, 5.41) is 5.03. The van der Waals surface area contributed by atoms with Crippen LogP contribution in [0, 0.1) is 6.92 Å². The van der Waals surface area contributed by atoms with Crippen molar-refractivity contribution in [3.05, 3.63) is 26.5 Å². The van der Waals surface area contributed by atoms with Gasteiger partial charge in [-0.25, -0.2) is 4.98 Å². The van der Waals surface area contributed by atoms with Crippen molar-refractivity contribution >= 4 is 67.3 Å². The minimum Gasteiger partial charge on any atom is -0.369 e. The van der Waals surface area contributed by atoms with E-state index in [2.05, 4.69) is 26.2 Å². The fourth-order valence-corrected chi connectivity index (χ4v) is 4.31. The Morgan fingerprint density at radius 1 is 1.55 bits per heavy atom. The maximum absolute atomic E-state index is 12.0. The van der Waals surface area contributed by atoms with Crippen molar-refractivity contribution in [2.45, 2.75) is 11.1 Å². The lowest BCUT2D eigenvalue weighted by Crippen LogP contribution is -2.12. The molecule has 0 unspecified atom stereocenters. The van der Waals surface area contributed by atoms with Crippen LogP contribution < -0.4 is 11.1 Å². The van der Waals surface area contributed by atoms with Crippen molar-refractivity contribution in [2.75, 3.05) is 11.1 Å². The van der Waals surface area contributed by atoms with E-state index >= 15 is 0 Å². The molecule has 0 aliphatic rings. The summed E-state index contributed by atoms with van der Waals surface area (Å²) in [6.45, 7) is 1.83. The average molecular weight is 392 g/mol. The third kappa shape index (κ3) is 4.05. The lowest BCUT2D eigenvalue weighted by molar-refractivity contribution is -0.115. The summed E-state index contributed by atoms with van der Waals surface area (Å²) in [5.74, 6) is -0.378. The van der Waals surface area contributed by atoms with Gasteiger partial charge in [0.05, 0.1) is 25.0 Å². The fourth-order valence-electron chi connectivity index (χ4n) is 1.30. The predicted octanol–water partition coefficient (Wildman–Crippen LogP) is 3.11. The molecule has 9 heteroatoms. The van der Waals surface area contributed by atoms with Crippen LogP contribution in [0.15, 0.2) is 19.4 Å². The molecule has 2 rings (SSSR count). The lowest BCUT2D eigenvalue weighted by Gasteiger charge is -1.97. The number of anilines is 1. The highest BCUT2D eigenvalue weighted by Gasteiger charge is 2.13. The summed E-state index contributed by atoms with van der Waals surface area (Å²) in [4.78, 5) is 27.0. The van der Waals surface area contributed by atoms with Gasteiger partial charge in [-0.05, 0) is 28.9 Å². The molecule has 0 saturated carbocycles. The topological polar surface area (TPSA) is 85.1 Å². The van der Waals surface area contributed by atoms with E-state index in [0.717, 1.165) is 13.7 Å². The number of thiophene rings is 1. The number of thiazole rings is 1. The van der Waals surface area contributed by atoms with Gasteiger partial charge < -0.3 is 5.73 Å². The molecule has 2 heterocycles. The molecular weight excluding hydrogens is 382 g/mol. The van der Waals surface area contributed by atoms with E-state index in [1.54, 1.807) is 11.4 Å². The second-order valence-electron chi connectivity index (χ2n) is 3.74. The number of amides is 2. The molecule has 0 saturated heterocycles. The van der Waals surface area contributed by atoms with E-state index in [0.29, 0.717) is 10.7 Å². The molecule has 2 aromatic heterocycles. The Kier molecular flexibility index (Phi) is 5.19. The van der Waals surface area contributed by atoms with E-state index in [4.69, 9.17) is 5.73 Å². The number of hydrogen-bond donors (Lipinski definition) is 2. The Balaban J connectivity index is 2.05. The first-order valence-corrected chi connectivity index (χ1v) is 8.87. The number of thioether (sulfide) groups is 1. The first kappa shape index (κ1) is 15.5. The van der Waals surface area contributed by atoms with Gasteiger partial charge in [0, 0.05) is 5.38 Å². The van der Waals surface area contributed by atoms with Gasteiger partial charge in [-0.3, -0.25) is 14.9 Å². The molecule has 20 heavy (non-hydrogen) atoms. The van der Waals surface area contributed by atoms with E-state index in [1.165, 1.54) is 34.4 Å². The van der Waals surface area contributed by atoms with Crippen molar-refractivity contribution in [3.8, 4) is 0 Å². The van der Waals surface area contributed by atoms with Gasteiger partial charge >= 0.3 is 0 Å². The van der Waals surface area contributed by atoms with Crippen molar-refractivity contribution in [1.29, 1.82) is 0 Å². The zero-order valence-electron chi connectivity index (χ0n) is 10.3. The van der Waals surface area contributed by atoms with E-state index in [-0.39, 0.29) is 17.6 Å². The van der Waals surface area contributed by atoms with Crippen LogP contribution in [0.4, 0.5) is 5.13 Å². The summed E-state index contributed by atoms with van der Waals surface area (Å²) in [6.07, 6.45) is 0. The molecule has 0 atom stereocenters. The molecule has 0 fully saturated rings. The Morgan fingerprint density at radius 2 is 2.30 bits per heavy atom. The van der Waals surface area contributed by atoms with Gasteiger partial charge in [0.1, 0.15) is 0 Å². The summed E-state index contributed by atoms with van der Waals surface area (Å²) in [7, 11) is 0. The number of primary amides is 1. The van der Waals surface area contributed by atoms with Crippen molar-refractivity contribution in [2.24, 2.45) is 5.73 Å². The van der Waals surface area contributed by atoms with Crippen LogP contribution >= 0.6 is 50.4 Å². The largest absolute Gasteiger partial charge is 0.369 e. The molecule has 0 aliphatic carbocycles. The molecule has 0 bridgehead atoms. The van der Waals surface area contributed by atoms with Crippen LogP contribution in [0.2, 0.25) is 0 Å². The summed E-state index contributed by atoms with van der Waals surface area (Å²) in [6, 6.07) is 1.75. The molecule has 5 nitrogen and oxygen atoms in total. The summed E-state index contributed by atoms with van der Waals surface area (Å²) >= 11 is 7.42. The number of aromatic nitrogens is 1. The quantitative estimate of drug-likeness (QED) is 0.766. The Hall–Kier alpha value is -0.900. The van der Waals surface area contributed by atoms with Gasteiger partial charge in [-0.2, -0.15) is 0 Å². The van der Waals surface area contributed by atoms with E-state index in [9.17, 15) is 9.59 Å². The van der Waals surface area contributed by atoms with Crippen LogP contribution in [0.5, 0.6) is 0 Å². The van der Waals surface area contributed by atoms with Crippen molar-refractivity contribution in [1.82, 2.24) is 4.98 Å². The van der Waals surface area contributed by atoms with Gasteiger partial charge in [0.25, 0.3) is 5.91 Å². The number of nitrogens with zero attached hydrogens (tertiary/aromatic N) is 1. The smallest absolute Gasteiger partial charge is 0.258 e. The molecule has 0 radical (unpaired) electrons. The Labute approximate surface area is 136 Å². The maximum Gasteiger partial charge on any atom is 0.258 e. The number of rotatable bonds is 5. The molecule has 106 valence electrons. The minimum absolute atomic E-state index is 0.202. The van der Waals surface area contributed by atoms with E-state index < -0.39 is 0 Å². The first-order valence-electron chi connectivity index (χ1n) is 5.39. The highest BCUT2D eigenvalue weighted by molar-refractivity contribution is 9.11. The van der Waals surface area contributed by atoms with Gasteiger partial charge in [0.15, 0.2) is 5.13 Å². The number of nitrogens with two attached hydrogens (primary N) is 1. The molecule has 2 amide bonds. The third-order valence-corrected chi connectivity index (χ3v) is 6.11. The zero-order chi connectivity index (χ0) is 14.7. The third-order valence-electron chi connectivity index (χ3n) is 2.15. The number of hydrogen-bond acceptors (Lipinski definition) is 6. The molecule has 3 N–H and O–H groups in total. The number of aryl methyl sites for hydroxylation is 1. The SMILES string of the molecule is Cc1nc(NC(=O)c2csc(Br)c2)sc1SCC(N)=O. The van der Waals surface area contributed by atoms with Gasteiger partial charge in [-0.15, -0.1) is 23.1 Å². The summed E-state index contributed by atoms with van der Waals surface area (Å²) in [5.41, 5.74) is 6.47. The van der Waals surface area contributed by atoms with Crippen LogP contribution in [-0.4, -0.2) is 22.6 Å². The van der Waals surface area contributed by atoms with Crippen LogP contribution in [0.25, 0.3) is 0 Å². The molecular formula is C11H10BrN3O2S3. The molecule has 0 aliphatic heterocycles. The first-order chi connectivity index (χ1) is 9.45. The second-order valence-corrected chi connectivity index (χ2v) is 8.27. The highest BCUT2D eigenvalue weighted by atomic mass is 79.9. The number of nitrogens with one attached hydrogen (secondary N) is 1. The lowest BCUT2D eigenvalue weighted by atomic mass is 10.3. The Bertz CT molecular complexity index is 653. The molecule has 0 aromatic carbocycles. The van der Waals surface area contributed by atoms with E-state index in [1.807, 2.05) is 6.92 Å². The number of carbonyl (C=O) groups excluding carboxylic acids is 2. The number of halogens is 1. The van der Waals surface area contributed by atoms with Gasteiger partial charge in [0.2, 0.25) is 5.91 Å². The normalized spacial score (nSPS) is 10.5. The molecule has 2 aromatic rings.